The van der Waals surface area contributed by atoms with E-state index < -0.39 is 0 Å². The van der Waals surface area contributed by atoms with Crippen molar-refractivity contribution in [1.29, 1.82) is 0 Å². The number of nitrogens with zero attached hydrogens (tertiary/aromatic N) is 2. The number of aryl methyl sites for hydroxylation is 1. The number of anilines is 3. The van der Waals surface area contributed by atoms with Gasteiger partial charge in [-0.2, -0.15) is 0 Å². The highest BCUT2D eigenvalue weighted by Gasteiger charge is 2.18. The summed E-state index contributed by atoms with van der Waals surface area (Å²) in [7, 11) is 0. The summed E-state index contributed by atoms with van der Waals surface area (Å²) in [6.45, 7) is 6.32. The first-order valence-corrected chi connectivity index (χ1v) is 19.5. The van der Waals surface area contributed by atoms with Crippen molar-refractivity contribution in [2.75, 3.05) is 4.90 Å². The van der Waals surface area contributed by atoms with Gasteiger partial charge in [0.25, 0.3) is 0 Å². The molecule has 0 fully saturated rings. The average Bonchev–Trinajstić information content (AvgIpc) is 3.61. The maximum atomic E-state index is 4.13. The molecule has 0 radical (unpaired) electrons. The molecule has 0 atom stereocenters. The van der Waals surface area contributed by atoms with E-state index in [0.717, 1.165) is 33.9 Å². The minimum absolute atomic E-state index is 1.09. The van der Waals surface area contributed by atoms with Crippen molar-refractivity contribution in [3.05, 3.63) is 224 Å². The molecule has 10 aromatic rings. The van der Waals surface area contributed by atoms with Crippen LogP contribution in [0.5, 0.6) is 0 Å². The number of rotatable bonds is 8. The van der Waals surface area contributed by atoms with Crippen molar-refractivity contribution in [2.45, 2.75) is 6.92 Å². The zero-order chi connectivity index (χ0) is 38.3. The second-order valence-electron chi connectivity index (χ2n) is 14.7. The van der Waals surface area contributed by atoms with Crippen LogP contribution in [0.15, 0.2) is 213 Å². The molecule has 57 heavy (non-hydrogen) atoms. The van der Waals surface area contributed by atoms with Crippen molar-refractivity contribution in [1.82, 2.24) is 4.57 Å². The van der Waals surface area contributed by atoms with Crippen LogP contribution in [-0.2, 0) is 0 Å². The first kappa shape index (κ1) is 34.1. The lowest BCUT2D eigenvalue weighted by molar-refractivity contribution is 1.18. The highest BCUT2D eigenvalue weighted by molar-refractivity contribution is 6.10. The third kappa shape index (κ3) is 6.09. The van der Waals surface area contributed by atoms with Gasteiger partial charge in [0.05, 0.1) is 11.0 Å². The number of aromatic nitrogens is 1. The molecule has 9 aromatic carbocycles. The van der Waals surface area contributed by atoms with Crippen molar-refractivity contribution >= 4 is 55.7 Å². The topological polar surface area (TPSA) is 8.17 Å². The Kier molecular flexibility index (Phi) is 8.58. The Morgan fingerprint density at radius 2 is 1.05 bits per heavy atom. The lowest BCUT2D eigenvalue weighted by Crippen LogP contribution is -2.10. The lowest BCUT2D eigenvalue weighted by atomic mass is 9.95. The van der Waals surface area contributed by atoms with Crippen LogP contribution in [0.2, 0.25) is 0 Å². The molecule has 0 spiro atoms. The average molecular weight is 729 g/mol. The van der Waals surface area contributed by atoms with Gasteiger partial charge in [-0.3, -0.25) is 0 Å². The number of fused-ring (bicyclic) bond motifs is 4. The Labute approximate surface area is 333 Å². The fraction of sp³-hybridized carbons (Fsp3) is 0.0182. The molecule has 0 aliphatic heterocycles. The molecule has 0 saturated heterocycles. The van der Waals surface area contributed by atoms with E-state index in [-0.39, 0.29) is 0 Å². The van der Waals surface area contributed by atoms with E-state index in [1.54, 1.807) is 0 Å². The van der Waals surface area contributed by atoms with Gasteiger partial charge < -0.3 is 9.47 Å². The van der Waals surface area contributed by atoms with Crippen LogP contribution in [0.25, 0.3) is 77.7 Å². The van der Waals surface area contributed by atoms with Gasteiger partial charge in [0, 0.05) is 33.5 Å². The summed E-state index contributed by atoms with van der Waals surface area (Å²) in [4.78, 5) is 2.38. The summed E-state index contributed by atoms with van der Waals surface area (Å²) in [5, 5.41) is 4.98. The van der Waals surface area contributed by atoms with E-state index in [0.29, 0.717) is 0 Å². The molecule has 0 N–H and O–H groups in total. The largest absolute Gasteiger partial charge is 0.310 e. The van der Waals surface area contributed by atoms with Crippen molar-refractivity contribution in [3.8, 4) is 39.1 Å². The van der Waals surface area contributed by atoms with Crippen LogP contribution in [0.1, 0.15) is 11.1 Å². The van der Waals surface area contributed by atoms with Gasteiger partial charge in [0.2, 0.25) is 0 Å². The SMILES string of the molecule is C=Cc1ccccc1-c1cc(N(c2ccc(-c3cccc4ccccc34)cc2)c2cccc(-c3ccc4c(c3)c3ccccc3n4-c3ccccc3)c2)ccc1C. The van der Waals surface area contributed by atoms with Crippen LogP contribution >= 0.6 is 0 Å². The molecule has 2 nitrogen and oxygen atoms in total. The Balaban J connectivity index is 1.12. The van der Waals surface area contributed by atoms with Gasteiger partial charge in [-0.15, -0.1) is 0 Å². The quantitative estimate of drug-likeness (QED) is 0.151. The standard InChI is InChI=1S/C55H40N2/c1-3-39-15-7-9-22-48(39)52-37-47(31-27-38(52)2)56(45-32-28-41(29-33-45)50-25-14-17-40-16-8-10-23-49(40)50)46-21-13-18-42(35-46)43-30-34-55-53(36-43)51-24-11-12-26-54(51)57(55)44-19-5-4-6-20-44/h3-37H,1H2,2H3. The molecule has 0 aliphatic rings. The number of hydrogen-bond donors (Lipinski definition) is 0. The molecule has 0 saturated carbocycles. The molecule has 1 aromatic heterocycles. The van der Waals surface area contributed by atoms with Crippen LogP contribution in [0, 0.1) is 6.92 Å². The van der Waals surface area contributed by atoms with Gasteiger partial charge in [0.1, 0.15) is 0 Å². The van der Waals surface area contributed by atoms with Gasteiger partial charge in [-0.1, -0.05) is 152 Å². The second kappa shape index (κ2) is 14.3. The van der Waals surface area contributed by atoms with E-state index >= 15 is 0 Å². The highest BCUT2D eigenvalue weighted by Crippen LogP contribution is 2.42. The number of para-hydroxylation sites is 2. The number of hydrogen-bond acceptors (Lipinski definition) is 1. The summed E-state index contributed by atoms with van der Waals surface area (Å²) < 4.78 is 2.37. The Morgan fingerprint density at radius 3 is 1.91 bits per heavy atom. The van der Waals surface area contributed by atoms with Gasteiger partial charge in [-0.05, 0) is 129 Å². The van der Waals surface area contributed by atoms with E-state index in [9.17, 15) is 0 Å². The fourth-order valence-corrected chi connectivity index (χ4v) is 8.51. The van der Waals surface area contributed by atoms with Crippen molar-refractivity contribution in [2.24, 2.45) is 0 Å². The van der Waals surface area contributed by atoms with Crippen molar-refractivity contribution < 1.29 is 0 Å². The summed E-state index contributed by atoms with van der Waals surface area (Å²) in [5.41, 5.74) is 16.3. The molecular formula is C55H40N2. The highest BCUT2D eigenvalue weighted by atomic mass is 15.1. The van der Waals surface area contributed by atoms with Crippen LogP contribution in [0.3, 0.4) is 0 Å². The molecule has 0 unspecified atom stereocenters. The monoisotopic (exact) mass is 728 g/mol. The van der Waals surface area contributed by atoms with E-state index in [1.165, 1.54) is 66.0 Å². The predicted octanol–water partition coefficient (Wildman–Crippen LogP) is 15.4. The normalized spacial score (nSPS) is 11.3. The smallest absolute Gasteiger partial charge is 0.0541 e. The Morgan fingerprint density at radius 1 is 0.421 bits per heavy atom. The van der Waals surface area contributed by atoms with Crippen molar-refractivity contribution in [3.63, 3.8) is 0 Å². The molecule has 0 bridgehead atoms. The summed E-state index contributed by atoms with van der Waals surface area (Å²) >= 11 is 0. The van der Waals surface area contributed by atoms with Gasteiger partial charge in [0.15, 0.2) is 0 Å². The zero-order valence-corrected chi connectivity index (χ0v) is 31.8. The molecule has 2 heteroatoms. The fourth-order valence-electron chi connectivity index (χ4n) is 8.51. The molecule has 0 amide bonds. The van der Waals surface area contributed by atoms with Crippen LogP contribution in [0.4, 0.5) is 17.1 Å². The van der Waals surface area contributed by atoms with Crippen LogP contribution < -0.4 is 4.90 Å². The maximum absolute atomic E-state index is 4.13. The summed E-state index contributed by atoms with van der Waals surface area (Å²) in [5.74, 6) is 0. The third-order valence-electron chi connectivity index (χ3n) is 11.3. The van der Waals surface area contributed by atoms with Crippen LogP contribution in [-0.4, -0.2) is 4.57 Å². The first-order valence-electron chi connectivity index (χ1n) is 19.5. The predicted molar refractivity (Wildman–Crippen MR) is 244 cm³/mol. The number of benzene rings is 9. The second-order valence-corrected chi connectivity index (χ2v) is 14.7. The Bertz CT molecular complexity index is 3090. The van der Waals surface area contributed by atoms with E-state index in [2.05, 4.69) is 229 Å². The summed E-state index contributed by atoms with van der Waals surface area (Å²) in [6, 6.07) is 74.7. The molecular weight excluding hydrogens is 689 g/mol. The minimum Gasteiger partial charge on any atom is -0.310 e. The molecule has 0 aliphatic carbocycles. The van der Waals surface area contributed by atoms with E-state index in [4.69, 9.17) is 0 Å². The first-order chi connectivity index (χ1) is 28.1. The molecule has 10 rings (SSSR count). The van der Waals surface area contributed by atoms with Gasteiger partial charge in [-0.25, -0.2) is 0 Å². The minimum atomic E-state index is 1.09. The molecule has 270 valence electrons. The van der Waals surface area contributed by atoms with Gasteiger partial charge >= 0.3 is 0 Å². The Hall–Kier alpha value is -7.42. The maximum Gasteiger partial charge on any atom is 0.0541 e. The molecule has 1 heterocycles. The van der Waals surface area contributed by atoms with E-state index in [1.807, 2.05) is 6.08 Å². The third-order valence-corrected chi connectivity index (χ3v) is 11.3. The lowest BCUT2D eigenvalue weighted by Gasteiger charge is -2.27. The zero-order valence-electron chi connectivity index (χ0n) is 31.8. The summed E-state index contributed by atoms with van der Waals surface area (Å²) in [6.07, 6.45) is 1.95.